The van der Waals surface area contributed by atoms with Crippen LogP contribution in [0.2, 0.25) is 0 Å². The summed E-state index contributed by atoms with van der Waals surface area (Å²) in [6.07, 6.45) is 0.657. The maximum atomic E-state index is 12.1. The maximum absolute atomic E-state index is 12.1. The monoisotopic (exact) mass is 306 g/mol. The summed E-state index contributed by atoms with van der Waals surface area (Å²) in [5.41, 5.74) is 8.23. The average molecular weight is 306 g/mol. The smallest absolute Gasteiger partial charge is 0.255 e. The molecule has 5 nitrogen and oxygen atoms in total. The Morgan fingerprint density at radius 1 is 0.957 bits per heavy atom. The number of carbonyl (C=O) groups is 2. The molecule has 0 fully saturated rings. The van der Waals surface area contributed by atoms with Gasteiger partial charge in [0.1, 0.15) is 5.76 Å². The van der Waals surface area contributed by atoms with Crippen LogP contribution in [-0.2, 0) is 0 Å². The van der Waals surface area contributed by atoms with Crippen LogP contribution in [0.25, 0.3) is 11.3 Å². The molecule has 23 heavy (non-hydrogen) atoms. The number of hydrogen-bond donors (Lipinski definition) is 2. The fraction of sp³-hybridized carbons (Fsp3) is 0. The van der Waals surface area contributed by atoms with Gasteiger partial charge in [0.05, 0.1) is 0 Å². The van der Waals surface area contributed by atoms with E-state index >= 15 is 0 Å². The van der Waals surface area contributed by atoms with Gasteiger partial charge in [-0.05, 0) is 60.7 Å². The Balaban J connectivity index is 1.73. The van der Waals surface area contributed by atoms with E-state index in [0.29, 0.717) is 29.0 Å². The fourth-order valence-corrected chi connectivity index (χ4v) is 2.13. The van der Waals surface area contributed by atoms with Crippen LogP contribution in [0.15, 0.2) is 65.1 Å². The minimum absolute atomic E-state index is 0.209. The molecule has 0 spiro atoms. The predicted octanol–water partition coefficient (Wildman–Crippen LogP) is 3.59. The highest BCUT2D eigenvalue weighted by molar-refractivity contribution is 6.04. The van der Waals surface area contributed by atoms with Crippen molar-refractivity contribution in [3.63, 3.8) is 0 Å². The second-order valence-corrected chi connectivity index (χ2v) is 4.97. The molecule has 0 bridgehead atoms. The minimum atomic E-state index is -0.209. The molecule has 0 aliphatic carbocycles. The lowest BCUT2D eigenvalue weighted by Crippen LogP contribution is -2.11. The molecule has 0 aliphatic rings. The van der Waals surface area contributed by atoms with E-state index < -0.39 is 0 Å². The highest BCUT2D eigenvalue weighted by Gasteiger charge is 2.07. The van der Waals surface area contributed by atoms with E-state index in [4.69, 9.17) is 10.2 Å². The molecule has 3 N–H and O–H groups in total. The van der Waals surface area contributed by atoms with Crippen molar-refractivity contribution in [1.29, 1.82) is 0 Å². The van der Waals surface area contributed by atoms with Gasteiger partial charge in [0.15, 0.2) is 12.0 Å². The van der Waals surface area contributed by atoms with Gasteiger partial charge in [0, 0.05) is 22.5 Å². The molecule has 114 valence electrons. The van der Waals surface area contributed by atoms with Crippen molar-refractivity contribution < 1.29 is 14.0 Å². The Morgan fingerprint density at radius 2 is 1.65 bits per heavy atom. The molecule has 1 amide bonds. The number of nitrogens with two attached hydrogens (primary N) is 1. The van der Waals surface area contributed by atoms with E-state index in [1.165, 1.54) is 0 Å². The van der Waals surface area contributed by atoms with E-state index in [1.54, 1.807) is 48.5 Å². The minimum Gasteiger partial charge on any atom is -0.453 e. The Bertz CT molecular complexity index is 833. The number of rotatable bonds is 4. The third-order valence-electron chi connectivity index (χ3n) is 3.34. The summed E-state index contributed by atoms with van der Waals surface area (Å²) in [7, 11) is 0. The molecule has 3 aromatic rings. The van der Waals surface area contributed by atoms with Gasteiger partial charge in [0.25, 0.3) is 5.91 Å². The van der Waals surface area contributed by atoms with Gasteiger partial charge < -0.3 is 15.5 Å². The zero-order valence-corrected chi connectivity index (χ0v) is 12.2. The number of nitrogen functional groups attached to an aromatic ring is 1. The van der Waals surface area contributed by atoms with Crippen LogP contribution in [0.3, 0.4) is 0 Å². The van der Waals surface area contributed by atoms with Gasteiger partial charge in [0.2, 0.25) is 0 Å². The van der Waals surface area contributed by atoms with Crippen molar-refractivity contribution in [2.24, 2.45) is 0 Å². The van der Waals surface area contributed by atoms with E-state index in [1.807, 2.05) is 12.1 Å². The lowest BCUT2D eigenvalue weighted by Gasteiger charge is -2.06. The fourth-order valence-electron chi connectivity index (χ4n) is 2.13. The molecule has 0 saturated heterocycles. The van der Waals surface area contributed by atoms with E-state index in [9.17, 15) is 9.59 Å². The Hall–Kier alpha value is -3.34. The van der Waals surface area contributed by atoms with Crippen LogP contribution in [0.1, 0.15) is 20.9 Å². The molecule has 2 aromatic carbocycles. The third-order valence-corrected chi connectivity index (χ3v) is 3.34. The van der Waals surface area contributed by atoms with E-state index in [2.05, 4.69) is 5.32 Å². The summed E-state index contributed by atoms with van der Waals surface area (Å²) in [6.45, 7) is 0. The topological polar surface area (TPSA) is 85.3 Å². The van der Waals surface area contributed by atoms with Crippen molar-refractivity contribution in [3.05, 3.63) is 72.0 Å². The first kappa shape index (κ1) is 14.6. The molecule has 0 aliphatic heterocycles. The number of nitrogens with one attached hydrogen (secondary N) is 1. The van der Waals surface area contributed by atoms with Crippen LogP contribution in [-0.4, -0.2) is 12.2 Å². The van der Waals surface area contributed by atoms with Crippen molar-refractivity contribution >= 4 is 23.6 Å². The number of furan rings is 1. The van der Waals surface area contributed by atoms with Crippen LogP contribution in [0.5, 0.6) is 0 Å². The number of carbonyl (C=O) groups excluding carboxylic acids is 2. The van der Waals surface area contributed by atoms with Crippen LogP contribution < -0.4 is 11.1 Å². The molecule has 3 rings (SSSR count). The summed E-state index contributed by atoms with van der Waals surface area (Å²) < 4.78 is 5.35. The summed E-state index contributed by atoms with van der Waals surface area (Å²) >= 11 is 0. The molecule has 1 heterocycles. The standard InChI is InChI=1S/C18H14N2O3/c19-14-5-1-13(2-6-14)18(22)20-15-7-3-12(4-8-15)17-10-9-16(11-21)23-17/h1-11H,19H2,(H,20,22). The Kier molecular flexibility index (Phi) is 3.93. The summed E-state index contributed by atoms with van der Waals surface area (Å²) in [6, 6.07) is 17.2. The second kappa shape index (κ2) is 6.19. The van der Waals surface area contributed by atoms with Gasteiger partial charge in [-0.25, -0.2) is 0 Å². The normalized spacial score (nSPS) is 10.3. The quantitative estimate of drug-likeness (QED) is 0.569. The molecule has 0 unspecified atom stereocenters. The molecule has 0 radical (unpaired) electrons. The van der Waals surface area contributed by atoms with Gasteiger partial charge in [-0.15, -0.1) is 0 Å². The number of aldehydes is 1. The SMILES string of the molecule is Nc1ccc(C(=O)Nc2ccc(-c3ccc(C=O)o3)cc2)cc1. The van der Waals surface area contributed by atoms with Crippen LogP contribution in [0, 0.1) is 0 Å². The molecular weight excluding hydrogens is 292 g/mol. The van der Waals surface area contributed by atoms with Crippen molar-refractivity contribution in [1.82, 2.24) is 0 Å². The molecule has 1 aromatic heterocycles. The van der Waals surface area contributed by atoms with Gasteiger partial charge >= 0.3 is 0 Å². The number of amides is 1. The lowest BCUT2D eigenvalue weighted by atomic mass is 10.1. The Labute approximate surface area is 132 Å². The maximum Gasteiger partial charge on any atom is 0.255 e. The summed E-state index contributed by atoms with van der Waals surface area (Å²) in [5.74, 6) is 0.670. The predicted molar refractivity (Wildman–Crippen MR) is 88.3 cm³/mol. The molecule has 0 atom stereocenters. The molecule has 0 saturated carbocycles. The number of benzene rings is 2. The Morgan fingerprint density at radius 3 is 2.26 bits per heavy atom. The summed E-state index contributed by atoms with van der Waals surface area (Å²) in [4.78, 5) is 22.7. The van der Waals surface area contributed by atoms with Gasteiger partial charge in [-0.2, -0.15) is 0 Å². The van der Waals surface area contributed by atoms with Crippen LogP contribution in [0.4, 0.5) is 11.4 Å². The lowest BCUT2D eigenvalue weighted by molar-refractivity contribution is 0.102. The van der Waals surface area contributed by atoms with Gasteiger partial charge in [-0.1, -0.05) is 0 Å². The van der Waals surface area contributed by atoms with Gasteiger partial charge in [-0.3, -0.25) is 9.59 Å². The highest BCUT2D eigenvalue weighted by atomic mass is 16.3. The van der Waals surface area contributed by atoms with Crippen LogP contribution >= 0.6 is 0 Å². The first-order valence-electron chi connectivity index (χ1n) is 6.98. The van der Waals surface area contributed by atoms with Crippen molar-refractivity contribution in [2.45, 2.75) is 0 Å². The number of hydrogen-bond acceptors (Lipinski definition) is 4. The average Bonchev–Trinajstić information content (AvgIpc) is 3.05. The highest BCUT2D eigenvalue weighted by Crippen LogP contribution is 2.23. The zero-order valence-electron chi connectivity index (χ0n) is 12.2. The number of anilines is 2. The van der Waals surface area contributed by atoms with E-state index in [-0.39, 0.29) is 11.7 Å². The molecular formula is C18H14N2O3. The third kappa shape index (κ3) is 3.29. The molecule has 5 heteroatoms. The van der Waals surface area contributed by atoms with Crippen molar-refractivity contribution in [2.75, 3.05) is 11.1 Å². The largest absolute Gasteiger partial charge is 0.453 e. The van der Waals surface area contributed by atoms with E-state index in [0.717, 1.165) is 5.56 Å². The van der Waals surface area contributed by atoms with Crippen molar-refractivity contribution in [3.8, 4) is 11.3 Å². The first-order valence-corrected chi connectivity index (χ1v) is 6.98. The zero-order chi connectivity index (χ0) is 16.2. The second-order valence-electron chi connectivity index (χ2n) is 4.97. The first-order chi connectivity index (χ1) is 11.2. The summed E-state index contributed by atoms with van der Waals surface area (Å²) in [5, 5.41) is 2.81.